The standard InChI is InChI=1S/C62H37N5O/c1-3-15-38(16-4-1)59-65-60(39-17-5-2-6-18-39)67-61(66-59)49-24-14-28-56-57(49)50-34-43(30-32-55(50)68-56)58-63-36-44(37-64-58)41-20-13-19-40(33-41)42-29-31-48-47-23-9-12-27-53(47)62(54(48)35-42)51-25-10-7-21-45(51)46-22-8-11-26-52(46)62/h1-37H. The van der Waals surface area contributed by atoms with Crippen molar-refractivity contribution in [2.24, 2.45) is 0 Å². The van der Waals surface area contributed by atoms with E-state index in [1.165, 1.54) is 50.1 Å². The molecule has 0 fully saturated rings. The smallest absolute Gasteiger partial charge is 0.164 e. The first-order valence-corrected chi connectivity index (χ1v) is 22.9. The Balaban J connectivity index is 0.825. The molecule has 1 spiro atoms. The first-order chi connectivity index (χ1) is 33.7. The molecule has 6 nitrogen and oxygen atoms in total. The summed E-state index contributed by atoms with van der Waals surface area (Å²) < 4.78 is 6.45. The summed E-state index contributed by atoms with van der Waals surface area (Å²) in [6.45, 7) is 0. The summed E-state index contributed by atoms with van der Waals surface area (Å²) in [5, 5.41) is 1.85. The predicted molar refractivity (Wildman–Crippen MR) is 272 cm³/mol. The molecule has 0 atom stereocenters. The lowest BCUT2D eigenvalue weighted by Crippen LogP contribution is -2.25. The van der Waals surface area contributed by atoms with Crippen LogP contribution in [0.3, 0.4) is 0 Å². The molecule has 3 heterocycles. The molecule has 0 amide bonds. The van der Waals surface area contributed by atoms with Gasteiger partial charge in [0, 0.05) is 51.0 Å². The number of furan rings is 1. The lowest BCUT2D eigenvalue weighted by Gasteiger charge is -2.30. The van der Waals surface area contributed by atoms with Gasteiger partial charge in [-0.1, -0.05) is 176 Å². The molecule has 0 saturated carbocycles. The van der Waals surface area contributed by atoms with Crippen molar-refractivity contribution in [2.45, 2.75) is 5.41 Å². The molecular formula is C62H37N5O. The minimum Gasteiger partial charge on any atom is -0.456 e. The Morgan fingerprint density at radius 1 is 0.294 bits per heavy atom. The first-order valence-electron chi connectivity index (χ1n) is 22.9. The molecule has 14 rings (SSSR count). The van der Waals surface area contributed by atoms with E-state index in [0.717, 1.165) is 60.9 Å². The number of benzene rings is 9. The quantitative estimate of drug-likeness (QED) is 0.166. The van der Waals surface area contributed by atoms with Crippen molar-refractivity contribution in [2.75, 3.05) is 0 Å². The fraction of sp³-hybridized carbons (Fsp3) is 0.0161. The van der Waals surface area contributed by atoms with Crippen LogP contribution in [-0.2, 0) is 5.41 Å². The van der Waals surface area contributed by atoms with Crippen molar-refractivity contribution >= 4 is 21.9 Å². The van der Waals surface area contributed by atoms with Gasteiger partial charge in [0.1, 0.15) is 11.2 Å². The molecule has 0 N–H and O–H groups in total. The highest BCUT2D eigenvalue weighted by atomic mass is 16.3. The Morgan fingerprint density at radius 2 is 0.779 bits per heavy atom. The van der Waals surface area contributed by atoms with Crippen LogP contribution in [0, 0.1) is 0 Å². The highest BCUT2D eigenvalue weighted by Gasteiger charge is 2.51. The van der Waals surface area contributed by atoms with Gasteiger partial charge >= 0.3 is 0 Å². The average molecular weight is 868 g/mol. The Morgan fingerprint density at radius 3 is 1.41 bits per heavy atom. The van der Waals surface area contributed by atoms with Crippen molar-refractivity contribution in [1.29, 1.82) is 0 Å². The molecule has 0 saturated heterocycles. The fourth-order valence-corrected chi connectivity index (χ4v) is 10.9. The monoisotopic (exact) mass is 867 g/mol. The van der Waals surface area contributed by atoms with E-state index >= 15 is 0 Å². The number of aromatic nitrogens is 5. The predicted octanol–water partition coefficient (Wildman–Crippen LogP) is 14.9. The summed E-state index contributed by atoms with van der Waals surface area (Å²) >= 11 is 0. The summed E-state index contributed by atoms with van der Waals surface area (Å²) in [4.78, 5) is 24.9. The maximum Gasteiger partial charge on any atom is 0.164 e. The van der Waals surface area contributed by atoms with Gasteiger partial charge in [-0.3, -0.25) is 0 Å². The van der Waals surface area contributed by atoms with Crippen molar-refractivity contribution in [3.8, 4) is 90.1 Å². The normalized spacial score (nSPS) is 12.8. The van der Waals surface area contributed by atoms with Gasteiger partial charge in [0.05, 0.1) is 5.41 Å². The van der Waals surface area contributed by atoms with E-state index < -0.39 is 5.41 Å². The third-order valence-corrected chi connectivity index (χ3v) is 13.9. The Labute approximate surface area is 392 Å². The van der Waals surface area contributed by atoms with Crippen molar-refractivity contribution in [3.05, 3.63) is 247 Å². The average Bonchev–Trinajstić information content (AvgIpc) is 4.05. The van der Waals surface area contributed by atoms with Gasteiger partial charge < -0.3 is 4.42 Å². The minimum absolute atomic E-state index is 0.395. The topological polar surface area (TPSA) is 77.6 Å². The molecule has 2 aliphatic carbocycles. The van der Waals surface area contributed by atoms with Crippen molar-refractivity contribution < 1.29 is 4.42 Å². The third-order valence-electron chi connectivity index (χ3n) is 13.9. The minimum atomic E-state index is -0.395. The van der Waals surface area contributed by atoms with E-state index in [-0.39, 0.29) is 0 Å². The molecule has 68 heavy (non-hydrogen) atoms. The van der Waals surface area contributed by atoms with E-state index in [0.29, 0.717) is 23.3 Å². The zero-order valence-corrected chi connectivity index (χ0v) is 36.5. The summed E-state index contributed by atoms with van der Waals surface area (Å²) in [6.07, 6.45) is 3.85. The van der Waals surface area contributed by atoms with Crippen LogP contribution in [0.15, 0.2) is 229 Å². The lowest BCUT2D eigenvalue weighted by molar-refractivity contribution is 0.669. The molecule has 316 valence electrons. The van der Waals surface area contributed by atoms with Crippen LogP contribution >= 0.6 is 0 Å². The number of hydrogen-bond acceptors (Lipinski definition) is 6. The summed E-state index contributed by atoms with van der Waals surface area (Å²) in [5.41, 5.74) is 19.5. The molecule has 2 aliphatic rings. The molecule has 12 aromatic rings. The molecule has 0 unspecified atom stereocenters. The second-order valence-electron chi connectivity index (χ2n) is 17.6. The van der Waals surface area contributed by atoms with Gasteiger partial charge in [0.25, 0.3) is 0 Å². The van der Waals surface area contributed by atoms with Gasteiger partial charge in [0.15, 0.2) is 23.3 Å². The summed E-state index contributed by atoms with van der Waals surface area (Å²) in [5.74, 6) is 2.40. The Bertz CT molecular complexity index is 3850. The molecule has 9 aromatic carbocycles. The summed E-state index contributed by atoms with van der Waals surface area (Å²) in [6, 6.07) is 74.8. The largest absolute Gasteiger partial charge is 0.456 e. The van der Waals surface area contributed by atoms with Gasteiger partial charge in [-0.15, -0.1) is 0 Å². The molecule has 3 aromatic heterocycles. The highest BCUT2D eigenvalue weighted by Crippen LogP contribution is 2.63. The number of hydrogen-bond donors (Lipinski definition) is 0. The van der Waals surface area contributed by atoms with Gasteiger partial charge in [-0.2, -0.15) is 0 Å². The van der Waals surface area contributed by atoms with Crippen LogP contribution in [0.4, 0.5) is 0 Å². The van der Waals surface area contributed by atoms with E-state index in [4.69, 9.17) is 29.3 Å². The molecule has 6 heteroatoms. The van der Waals surface area contributed by atoms with Crippen molar-refractivity contribution in [3.63, 3.8) is 0 Å². The molecule has 0 radical (unpaired) electrons. The van der Waals surface area contributed by atoms with Crippen LogP contribution in [-0.4, -0.2) is 24.9 Å². The second-order valence-corrected chi connectivity index (χ2v) is 17.6. The maximum atomic E-state index is 6.45. The third kappa shape index (κ3) is 5.74. The zero-order valence-electron chi connectivity index (χ0n) is 36.5. The van der Waals surface area contributed by atoms with Gasteiger partial charge in [-0.25, -0.2) is 24.9 Å². The zero-order chi connectivity index (χ0) is 44.8. The Hall–Kier alpha value is -9.13. The van der Waals surface area contributed by atoms with Crippen LogP contribution in [0.1, 0.15) is 22.3 Å². The van der Waals surface area contributed by atoms with E-state index in [1.807, 2.05) is 97.3 Å². The summed E-state index contributed by atoms with van der Waals surface area (Å²) in [7, 11) is 0. The molecule has 0 aliphatic heterocycles. The number of rotatable bonds is 6. The SMILES string of the molecule is c1ccc(-c2nc(-c3ccccc3)nc(-c3cccc4oc5ccc(-c6ncc(-c7cccc(-c8ccc9c(c8)C8(c%10ccccc%10-c%10ccccc%108)c8ccccc8-9)c7)cn6)cc5c34)n2)cc1. The van der Waals surface area contributed by atoms with Gasteiger partial charge in [0.2, 0.25) is 0 Å². The lowest BCUT2D eigenvalue weighted by atomic mass is 9.70. The van der Waals surface area contributed by atoms with E-state index in [9.17, 15) is 0 Å². The highest BCUT2D eigenvalue weighted by molar-refractivity contribution is 6.12. The molecular weight excluding hydrogens is 831 g/mol. The second kappa shape index (κ2) is 15.0. The maximum absolute atomic E-state index is 6.45. The van der Waals surface area contributed by atoms with Crippen molar-refractivity contribution in [1.82, 2.24) is 24.9 Å². The van der Waals surface area contributed by atoms with Crippen LogP contribution in [0.25, 0.3) is 112 Å². The van der Waals surface area contributed by atoms with Crippen LogP contribution in [0.5, 0.6) is 0 Å². The number of fused-ring (bicyclic) bond motifs is 13. The fourth-order valence-electron chi connectivity index (χ4n) is 10.9. The molecule has 0 bridgehead atoms. The van der Waals surface area contributed by atoms with Gasteiger partial charge in [-0.05, 0) is 97.6 Å². The van der Waals surface area contributed by atoms with E-state index in [2.05, 4.69) is 127 Å². The van der Waals surface area contributed by atoms with Crippen LogP contribution < -0.4 is 0 Å². The Kier molecular flexibility index (Phi) is 8.39. The number of nitrogens with zero attached hydrogens (tertiary/aromatic N) is 5. The first kappa shape index (κ1) is 38.2. The van der Waals surface area contributed by atoms with Crippen LogP contribution in [0.2, 0.25) is 0 Å². The van der Waals surface area contributed by atoms with E-state index in [1.54, 1.807) is 0 Å².